The fraction of sp³-hybridized carbons (Fsp3) is 0.562. The second-order valence-corrected chi connectivity index (χ2v) is 5.04. The number of benzene rings is 1. The Kier molecular flexibility index (Phi) is 5.87. The molecule has 5 heteroatoms. The quantitative estimate of drug-likeness (QED) is 0.759. The fourth-order valence-corrected chi connectivity index (χ4v) is 2.20. The molecule has 0 unspecified atom stereocenters. The maximum absolute atomic E-state index is 11.7. The minimum Gasteiger partial charge on any atom is -0.490 e. The van der Waals surface area contributed by atoms with Crippen LogP contribution in [0, 0.1) is 5.92 Å². The molecule has 0 atom stereocenters. The number of amides is 1. The van der Waals surface area contributed by atoms with Crippen LogP contribution < -0.4 is 20.1 Å². The van der Waals surface area contributed by atoms with Crippen LogP contribution >= 0.6 is 0 Å². The number of nitrogens with one attached hydrogen (secondary N) is 2. The van der Waals surface area contributed by atoms with E-state index in [9.17, 15) is 4.79 Å². The van der Waals surface area contributed by atoms with E-state index in [2.05, 4.69) is 10.6 Å². The standard InChI is InChI=1S/C16H24N2O3/c1-3-20-14-6-5-12(9-15(14)21-4-2)7-8-18-16(19)13-10-17-11-13/h5-6,9,13,17H,3-4,7-8,10-11H2,1-2H3,(H,18,19). The summed E-state index contributed by atoms with van der Waals surface area (Å²) in [4.78, 5) is 11.7. The average Bonchev–Trinajstić information content (AvgIpc) is 2.40. The molecule has 0 spiro atoms. The number of hydrogen-bond acceptors (Lipinski definition) is 4. The second-order valence-electron chi connectivity index (χ2n) is 5.04. The minimum absolute atomic E-state index is 0.143. The zero-order chi connectivity index (χ0) is 15.1. The Balaban J connectivity index is 1.87. The maximum Gasteiger partial charge on any atom is 0.225 e. The summed E-state index contributed by atoms with van der Waals surface area (Å²) in [5.74, 6) is 1.83. The van der Waals surface area contributed by atoms with Gasteiger partial charge in [-0.15, -0.1) is 0 Å². The van der Waals surface area contributed by atoms with Crippen LogP contribution in [0.1, 0.15) is 19.4 Å². The van der Waals surface area contributed by atoms with Gasteiger partial charge in [0.25, 0.3) is 0 Å². The Morgan fingerprint density at radius 1 is 1.24 bits per heavy atom. The van der Waals surface area contributed by atoms with E-state index in [1.807, 2.05) is 32.0 Å². The molecule has 0 aliphatic carbocycles. The van der Waals surface area contributed by atoms with Crippen molar-refractivity contribution in [3.63, 3.8) is 0 Å². The highest BCUT2D eigenvalue weighted by molar-refractivity contribution is 5.79. The summed E-state index contributed by atoms with van der Waals surface area (Å²) in [7, 11) is 0. The normalized spacial score (nSPS) is 14.4. The summed E-state index contributed by atoms with van der Waals surface area (Å²) in [6.45, 7) is 7.37. The third-order valence-corrected chi connectivity index (χ3v) is 3.47. The molecule has 1 heterocycles. The van der Waals surface area contributed by atoms with E-state index in [0.717, 1.165) is 36.6 Å². The van der Waals surface area contributed by atoms with E-state index in [0.29, 0.717) is 19.8 Å². The van der Waals surface area contributed by atoms with Gasteiger partial charge in [0.1, 0.15) is 0 Å². The van der Waals surface area contributed by atoms with E-state index < -0.39 is 0 Å². The molecular formula is C16H24N2O3. The lowest BCUT2D eigenvalue weighted by atomic mass is 10.0. The van der Waals surface area contributed by atoms with Gasteiger partial charge in [0, 0.05) is 19.6 Å². The third kappa shape index (κ3) is 4.36. The van der Waals surface area contributed by atoms with Gasteiger partial charge in [-0.25, -0.2) is 0 Å². The van der Waals surface area contributed by atoms with E-state index in [4.69, 9.17) is 9.47 Å². The molecule has 2 N–H and O–H groups in total. The Morgan fingerprint density at radius 3 is 2.57 bits per heavy atom. The molecule has 0 saturated carbocycles. The average molecular weight is 292 g/mol. The smallest absolute Gasteiger partial charge is 0.225 e. The van der Waals surface area contributed by atoms with Crippen LogP contribution in [0.5, 0.6) is 11.5 Å². The molecule has 1 aliphatic rings. The largest absolute Gasteiger partial charge is 0.490 e. The molecule has 1 aromatic rings. The Labute approximate surface area is 126 Å². The van der Waals surface area contributed by atoms with Crippen molar-refractivity contribution in [2.45, 2.75) is 20.3 Å². The minimum atomic E-state index is 0.143. The van der Waals surface area contributed by atoms with Gasteiger partial charge in [-0.2, -0.15) is 0 Å². The van der Waals surface area contributed by atoms with Crippen LogP contribution in [0.2, 0.25) is 0 Å². The van der Waals surface area contributed by atoms with E-state index in [-0.39, 0.29) is 11.8 Å². The molecule has 1 amide bonds. The Bertz CT molecular complexity index is 473. The molecule has 1 aromatic carbocycles. The van der Waals surface area contributed by atoms with Crippen molar-refractivity contribution in [1.29, 1.82) is 0 Å². The van der Waals surface area contributed by atoms with Gasteiger partial charge in [0.05, 0.1) is 19.1 Å². The Morgan fingerprint density at radius 2 is 1.95 bits per heavy atom. The monoisotopic (exact) mass is 292 g/mol. The van der Waals surface area contributed by atoms with Crippen molar-refractivity contribution in [1.82, 2.24) is 10.6 Å². The second kappa shape index (κ2) is 7.88. The van der Waals surface area contributed by atoms with Crippen LogP contribution in [-0.2, 0) is 11.2 Å². The number of carbonyl (C=O) groups excluding carboxylic acids is 1. The van der Waals surface area contributed by atoms with E-state index in [1.54, 1.807) is 0 Å². The molecule has 0 radical (unpaired) electrons. The summed E-state index contributed by atoms with van der Waals surface area (Å²) in [5.41, 5.74) is 1.13. The van der Waals surface area contributed by atoms with E-state index in [1.165, 1.54) is 0 Å². The summed E-state index contributed by atoms with van der Waals surface area (Å²) in [5, 5.41) is 6.07. The molecule has 0 bridgehead atoms. The lowest BCUT2D eigenvalue weighted by Crippen LogP contribution is -2.51. The summed E-state index contributed by atoms with van der Waals surface area (Å²) in [6, 6.07) is 5.94. The number of hydrogen-bond donors (Lipinski definition) is 2. The van der Waals surface area contributed by atoms with Gasteiger partial charge < -0.3 is 20.1 Å². The summed E-state index contributed by atoms with van der Waals surface area (Å²) in [6.07, 6.45) is 0.790. The zero-order valence-corrected chi connectivity index (χ0v) is 12.8. The van der Waals surface area contributed by atoms with Crippen LogP contribution in [0.15, 0.2) is 18.2 Å². The van der Waals surface area contributed by atoms with Gasteiger partial charge in [-0.3, -0.25) is 4.79 Å². The van der Waals surface area contributed by atoms with Crippen molar-refractivity contribution in [2.75, 3.05) is 32.8 Å². The number of rotatable bonds is 8. The highest BCUT2D eigenvalue weighted by Crippen LogP contribution is 2.28. The molecule has 2 rings (SSSR count). The highest BCUT2D eigenvalue weighted by Gasteiger charge is 2.24. The summed E-state index contributed by atoms with van der Waals surface area (Å²) < 4.78 is 11.1. The molecule has 5 nitrogen and oxygen atoms in total. The zero-order valence-electron chi connectivity index (χ0n) is 12.8. The van der Waals surface area contributed by atoms with Crippen molar-refractivity contribution in [3.05, 3.63) is 23.8 Å². The molecule has 1 aliphatic heterocycles. The molecule has 1 saturated heterocycles. The van der Waals surface area contributed by atoms with Gasteiger partial charge in [0.15, 0.2) is 11.5 Å². The van der Waals surface area contributed by atoms with Crippen LogP contribution in [0.4, 0.5) is 0 Å². The van der Waals surface area contributed by atoms with Gasteiger partial charge in [-0.1, -0.05) is 6.07 Å². The molecule has 21 heavy (non-hydrogen) atoms. The van der Waals surface area contributed by atoms with Crippen LogP contribution in [-0.4, -0.2) is 38.8 Å². The lowest BCUT2D eigenvalue weighted by Gasteiger charge is -2.25. The topological polar surface area (TPSA) is 59.6 Å². The first-order chi connectivity index (χ1) is 10.2. The van der Waals surface area contributed by atoms with Gasteiger partial charge in [-0.05, 0) is 38.0 Å². The first kappa shape index (κ1) is 15.6. The SMILES string of the molecule is CCOc1ccc(CCNC(=O)C2CNC2)cc1OCC. The third-order valence-electron chi connectivity index (χ3n) is 3.47. The van der Waals surface area contributed by atoms with Crippen molar-refractivity contribution in [2.24, 2.45) is 5.92 Å². The Hall–Kier alpha value is -1.75. The molecular weight excluding hydrogens is 268 g/mol. The lowest BCUT2D eigenvalue weighted by molar-refractivity contribution is -0.126. The van der Waals surface area contributed by atoms with Gasteiger partial charge in [0.2, 0.25) is 5.91 Å². The van der Waals surface area contributed by atoms with Crippen molar-refractivity contribution >= 4 is 5.91 Å². The predicted molar refractivity (Wildman–Crippen MR) is 81.9 cm³/mol. The first-order valence-corrected chi connectivity index (χ1v) is 7.61. The number of ether oxygens (including phenoxy) is 2. The number of carbonyl (C=O) groups is 1. The molecule has 116 valence electrons. The van der Waals surface area contributed by atoms with E-state index >= 15 is 0 Å². The molecule has 1 fully saturated rings. The van der Waals surface area contributed by atoms with Crippen LogP contribution in [0.3, 0.4) is 0 Å². The predicted octanol–water partition coefficient (Wildman–Crippen LogP) is 1.36. The highest BCUT2D eigenvalue weighted by atomic mass is 16.5. The fourth-order valence-electron chi connectivity index (χ4n) is 2.20. The summed E-state index contributed by atoms with van der Waals surface area (Å²) >= 11 is 0. The molecule has 0 aromatic heterocycles. The van der Waals surface area contributed by atoms with Crippen molar-refractivity contribution < 1.29 is 14.3 Å². The van der Waals surface area contributed by atoms with Crippen molar-refractivity contribution in [3.8, 4) is 11.5 Å². The first-order valence-electron chi connectivity index (χ1n) is 7.61. The van der Waals surface area contributed by atoms with Crippen LogP contribution in [0.25, 0.3) is 0 Å². The maximum atomic E-state index is 11.7. The van der Waals surface area contributed by atoms with Gasteiger partial charge >= 0.3 is 0 Å².